The third-order valence-electron chi connectivity index (χ3n) is 4.57. The number of hydrogen-bond acceptors (Lipinski definition) is 3. The normalized spacial score (nSPS) is 18.3. The van der Waals surface area contributed by atoms with Crippen LogP contribution in [-0.4, -0.2) is 7.11 Å². The molecule has 2 aromatic carbocycles. The quantitative estimate of drug-likeness (QED) is 0.668. The molecule has 21 heavy (non-hydrogen) atoms. The predicted octanol–water partition coefficient (Wildman–Crippen LogP) is 3.24. The summed E-state index contributed by atoms with van der Waals surface area (Å²) in [5, 5.41) is 0. The SMILES string of the molecule is COc1ccc(C(NN)C2CCc3ccccc32)c(C)c1. The molecule has 2 unspecified atom stereocenters. The molecule has 3 heteroatoms. The zero-order valence-corrected chi connectivity index (χ0v) is 12.6. The smallest absolute Gasteiger partial charge is 0.119 e. The van der Waals surface area contributed by atoms with Gasteiger partial charge in [-0.05, 0) is 54.2 Å². The van der Waals surface area contributed by atoms with Crippen molar-refractivity contribution in [3.8, 4) is 5.75 Å². The molecule has 0 bridgehead atoms. The highest BCUT2D eigenvalue weighted by molar-refractivity contribution is 5.42. The van der Waals surface area contributed by atoms with Crippen molar-refractivity contribution in [1.29, 1.82) is 0 Å². The van der Waals surface area contributed by atoms with Crippen molar-refractivity contribution in [2.45, 2.75) is 31.7 Å². The second-order valence-corrected chi connectivity index (χ2v) is 5.71. The third-order valence-corrected chi connectivity index (χ3v) is 4.57. The molecule has 0 heterocycles. The summed E-state index contributed by atoms with van der Waals surface area (Å²) in [6.07, 6.45) is 2.27. The van der Waals surface area contributed by atoms with Crippen LogP contribution in [0.4, 0.5) is 0 Å². The molecule has 0 fully saturated rings. The molecular weight excluding hydrogens is 260 g/mol. The highest BCUT2D eigenvalue weighted by Gasteiger charge is 2.30. The van der Waals surface area contributed by atoms with Crippen LogP contribution >= 0.6 is 0 Å². The lowest BCUT2D eigenvalue weighted by molar-refractivity contribution is 0.412. The lowest BCUT2D eigenvalue weighted by atomic mass is 9.86. The summed E-state index contributed by atoms with van der Waals surface area (Å²) in [6.45, 7) is 2.11. The number of aryl methyl sites for hydroxylation is 2. The average Bonchev–Trinajstić information content (AvgIpc) is 2.94. The van der Waals surface area contributed by atoms with Gasteiger partial charge in [0.2, 0.25) is 0 Å². The van der Waals surface area contributed by atoms with Crippen molar-refractivity contribution in [3.05, 3.63) is 64.7 Å². The van der Waals surface area contributed by atoms with Crippen molar-refractivity contribution < 1.29 is 4.74 Å². The molecule has 3 nitrogen and oxygen atoms in total. The number of hydrogen-bond donors (Lipinski definition) is 2. The van der Waals surface area contributed by atoms with E-state index in [0.29, 0.717) is 5.92 Å². The Bertz CT molecular complexity index is 639. The van der Waals surface area contributed by atoms with Gasteiger partial charge in [0.25, 0.3) is 0 Å². The van der Waals surface area contributed by atoms with Gasteiger partial charge in [-0.2, -0.15) is 0 Å². The number of ether oxygens (including phenoxy) is 1. The van der Waals surface area contributed by atoms with Crippen molar-refractivity contribution in [3.63, 3.8) is 0 Å². The van der Waals surface area contributed by atoms with Gasteiger partial charge in [0.1, 0.15) is 5.75 Å². The van der Waals surface area contributed by atoms with E-state index in [4.69, 9.17) is 10.6 Å². The Balaban J connectivity index is 1.97. The maximum atomic E-state index is 5.90. The minimum atomic E-state index is 0.138. The van der Waals surface area contributed by atoms with E-state index in [9.17, 15) is 0 Å². The zero-order valence-electron chi connectivity index (χ0n) is 12.6. The maximum Gasteiger partial charge on any atom is 0.119 e. The molecule has 2 atom stereocenters. The van der Waals surface area contributed by atoms with Crippen LogP contribution in [-0.2, 0) is 6.42 Å². The number of fused-ring (bicyclic) bond motifs is 1. The summed E-state index contributed by atoms with van der Waals surface area (Å²) in [5.41, 5.74) is 8.38. The summed E-state index contributed by atoms with van der Waals surface area (Å²) in [4.78, 5) is 0. The maximum absolute atomic E-state index is 5.90. The van der Waals surface area contributed by atoms with Gasteiger partial charge in [-0.1, -0.05) is 30.3 Å². The van der Waals surface area contributed by atoms with E-state index in [-0.39, 0.29) is 6.04 Å². The lowest BCUT2D eigenvalue weighted by Crippen LogP contribution is -2.32. The van der Waals surface area contributed by atoms with E-state index in [1.807, 2.05) is 6.07 Å². The van der Waals surface area contributed by atoms with Gasteiger partial charge in [-0.15, -0.1) is 0 Å². The Hall–Kier alpha value is -1.84. The second kappa shape index (κ2) is 5.88. The summed E-state index contributed by atoms with van der Waals surface area (Å²) in [6, 6.07) is 15.0. The molecule has 2 aromatic rings. The molecule has 3 N–H and O–H groups in total. The van der Waals surface area contributed by atoms with Crippen LogP contribution in [0.3, 0.4) is 0 Å². The Kier molecular flexibility index (Phi) is 3.95. The summed E-state index contributed by atoms with van der Waals surface area (Å²) < 4.78 is 5.29. The van der Waals surface area contributed by atoms with Gasteiger partial charge in [-0.3, -0.25) is 11.3 Å². The van der Waals surface area contributed by atoms with Crippen LogP contribution in [0.1, 0.15) is 40.6 Å². The predicted molar refractivity (Wildman–Crippen MR) is 85.3 cm³/mol. The summed E-state index contributed by atoms with van der Waals surface area (Å²) in [5.74, 6) is 7.22. The summed E-state index contributed by atoms with van der Waals surface area (Å²) >= 11 is 0. The molecule has 0 aliphatic heterocycles. The minimum absolute atomic E-state index is 0.138. The highest BCUT2D eigenvalue weighted by atomic mass is 16.5. The van der Waals surface area contributed by atoms with Crippen LogP contribution in [0.25, 0.3) is 0 Å². The fraction of sp³-hybridized carbons (Fsp3) is 0.333. The van der Waals surface area contributed by atoms with Crippen LogP contribution in [0, 0.1) is 6.92 Å². The fourth-order valence-electron chi connectivity index (χ4n) is 3.48. The highest BCUT2D eigenvalue weighted by Crippen LogP contribution is 2.42. The Morgan fingerprint density at radius 1 is 1.24 bits per heavy atom. The number of nitrogens with one attached hydrogen (secondary N) is 1. The van der Waals surface area contributed by atoms with Gasteiger partial charge < -0.3 is 4.74 Å². The molecule has 0 amide bonds. The molecule has 1 aliphatic carbocycles. The van der Waals surface area contributed by atoms with Gasteiger partial charge in [-0.25, -0.2) is 0 Å². The van der Waals surface area contributed by atoms with Gasteiger partial charge in [0.15, 0.2) is 0 Å². The van der Waals surface area contributed by atoms with Crippen LogP contribution in [0.2, 0.25) is 0 Å². The molecule has 0 aromatic heterocycles. The van der Waals surface area contributed by atoms with Crippen molar-refractivity contribution in [1.82, 2.24) is 5.43 Å². The van der Waals surface area contributed by atoms with E-state index < -0.39 is 0 Å². The Morgan fingerprint density at radius 2 is 2.05 bits per heavy atom. The van der Waals surface area contributed by atoms with Gasteiger partial charge in [0.05, 0.1) is 13.2 Å². The number of methoxy groups -OCH3 is 1. The molecule has 3 rings (SSSR count). The molecular formula is C18H22N2O. The van der Waals surface area contributed by atoms with Crippen LogP contribution < -0.4 is 16.0 Å². The minimum Gasteiger partial charge on any atom is -0.497 e. The standard InChI is InChI=1S/C18H22N2O/c1-12-11-14(21-2)8-10-15(12)18(20-19)17-9-7-13-5-3-4-6-16(13)17/h3-6,8,10-11,17-18,20H,7,9,19H2,1-2H3. The first-order valence-corrected chi connectivity index (χ1v) is 7.43. The number of benzene rings is 2. The molecule has 0 spiro atoms. The number of rotatable bonds is 4. The van der Waals surface area contributed by atoms with Crippen LogP contribution in [0.15, 0.2) is 42.5 Å². The monoisotopic (exact) mass is 282 g/mol. The Labute approximate surface area is 126 Å². The molecule has 1 aliphatic rings. The lowest BCUT2D eigenvalue weighted by Gasteiger charge is -2.26. The van der Waals surface area contributed by atoms with E-state index in [0.717, 1.165) is 18.6 Å². The van der Waals surface area contributed by atoms with E-state index >= 15 is 0 Å². The average molecular weight is 282 g/mol. The third kappa shape index (κ3) is 2.55. The van der Waals surface area contributed by atoms with Gasteiger partial charge >= 0.3 is 0 Å². The fourth-order valence-corrected chi connectivity index (χ4v) is 3.48. The van der Waals surface area contributed by atoms with E-state index in [2.05, 4.69) is 48.7 Å². The molecule has 0 saturated carbocycles. The molecule has 0 radical (unpaired) electrons. The van der Waals surface area contributed by atoms with Crippen molar-refractivity contribution in [2.75, 3.05) is 7.11 Å². The van der Waals surface area contributed by atoms with Crippen molar-refractivity contribution >= 4 is 0 Å². The first kappa shape index (κ1) is 14.1. The van der Waals surface area contributed by atoms with Crippen molar-refractivity contribution in [2.24, 2.45) is 5.84 Å². The zero-order chi connectivity index (χ0) is 14.8. The van der Waals surface area contributed by atoms with E-state index in [1.165, 1.54) is 22.3 Å². The summed E-state index contributed by atoms with van der Waals surface area (Å²) in [7, 11) is 1.69. The molecule has 110 valence electrons. The largest absolute Gasteiger partial charge is 0.497 e. The topological polar surface area (TPSA) is 47.3 Å². The van der Waals surface area contributed by atoms with E-state index in [1.54, 1.807) is 7.11 Å². The first-order valence-electron chi connectivity index (χ1n) is 7.43. The Morgan fingerprint density at radius 3 is 2.76 bits per heavy atom. The first-order chi connectivity index (χ1) is 10.2. The number of hydrazine groups is 1. The number of nitrogens with two attached hydrogens (primary N) is 1. The van der Waals surface area contributed by atoms with Gasteiger partial charge in [0, 0.05) is 5.92 Å². The second-order valence-electron chi connectivity index (χ2n) is 5.71. The van der Waals surface area contributed by atoms with Crippen LogP contribution in [0.5, 0.6) is 5.75 Å². The molecule has 0 saturated heterocycles.